The summed E-state index contributed by atoms with van der Waals surface area (Å²) in [6.07, 6.45) is 0.0196. The van der Waals surface area contributed by atoms with Crippen molar-refractivity contribution in [3.8, 4) is 5.75 Å². The highest BCUT2D eigenvalue weighted by Crippen LogP contribution is 2.43. The summed E-state index contributed by atoms with van der Waals surface area (Å²) in [6, 6.07) is 3.64. The first kappa shape index (κ1) is 18.7. The molecule has 7 nitrogen and oxygen atoms in total. The minimum Gasteiger partial charge on any atom is -0.490 e. The molecule has 1 fully saturated rings. The molecule has 0 aliphatic carbocycles. The zero-order valence-electron chi connectivity index (χ0n) is 16.0. The number of anilines is 2. The third-order valence-electron chi connectivity index (χ3n) is 5.28. The molecule has 28 heavy (non-hydrogen) atoms. The fourth-order valence-corrected chi connectivity index (χ4v) is 3.82. The van der Waals surface area contributed by atoms with Crippen LogP contribution in [0, 0.1) is 11.6 Å². The maximum Gasteiger partial charge on any atom is 0.351 e. The van der Waals surface area contributed by atoms with E-state index in [0.29, 0.717) is 36.8 Å². The molecule has 2 aromatic rings. The predicted octanol–water partition coefficient (Wildman–Crippen LogP) is 2.14. The quantitative estimate of drug-likeness (QED) is 0.860. The largest absolute Gasteiger partial charge is 0.490 e. The van der Waals surface area contributed by atoms with Crippen LogP contribution in [0.4, 0.5) is 20.4 Å². The van der Waals surface area contributed by atoms with Gasteiger partial charge in [-0.05, 0) is 31.5 Å². The summed E-state index contributed by atoms with van der Waals surface area (Å²) in [5, 5.41) is 3.02. The Labute approximate surface area is 160 Å². The van der Waals surface area contributed by atoms with E-state index >= 15 is 0 Å². The van der Waals surface area contributed by atoms with Gasteiger partial charge in [0.1, 0.15) is 0 Å². The second kappa shape index (κ2) is 6.73. The van der Waals surface area contributed by atoms with Crippen molar-refractivity contribution >= 4 is 11.6 Å². The molecule has 1 aromatic carbocycles. The monoisotopic (exact) mass is 392 g/mol. The minimum atomic E-state index is -0.925. The summed E-state index contributed by atoms with van der Waals surface area (Å²) in [7, 11) is 1.52. The summed E-state index contributed by atoms with van der Waals surface area (Å²) in [6.45, 7) is 5.77. The lowest BCUT2D eigenvalue weighted by Gasteiger charge is -2.42. The van der Waals surface area contributed by atoms with E-state index in [-0.39, 0.29) is 24.0 Å². The zero-order valence-corrected chi connectivity index (χ0v) is 16.0. The van der Waals surface area contributed by atoms with Crippen LogP contribution in [0.5, 0.6) is 5.75 Å². The van der Waals surface area contributed by atoms with Crippen LogP contribution in [0.25, 0.3) is 0 Å². The van der Waals surface area contributed by atoms with Crippen molar-refractivity contribution in [1.82, 2.24) is 9.55 Å². The molecule has 0 bridgehead atoms. The number of methoxy groups -OCH3 is 1. The molecule has 2 aliphatic rings. The lowest BCUT2D eigenvalue weighted by atomic mass is 10.0. The lowest BCUT2D eigenvalue weighted by molar-refractivity contribution is 0.00300. The SMILES string of the molecule is COc1c(NCc2ccc(F)c(F)c2)nc(=O)n2c1N1C[C@H](C)OC[C@@]1(C)C2. The Morgan fingerprint density at radius 2 is 2.18 bits per heavy atom. The second-order valence-corrected chi connectivity index (χ2v) is 7.52. The molecule has 0 amide bonds. The van der Waals surface area contributed by atoms with E-state index in [0.717, 1.165) is 12.1 Å². The molecule has 1 N–H and O–H groups in total. The van der Waals surface area contributed by atoms with Gasteiger partial charge in [0.2, 0.25) is 5.75 Å². The number of halogens is 2. The standard InChI is InChI=1S/C19H22F2N4O3/c1-11-8-25-17-15(27-3)16(22-7-12-4-5-13(20)14(21)6-12)23-18(26)24(17)9-19(25,2)10-28-11/h4-6,11H,7-10H2,1-3H3,(H,22,23,26)/t11-,19+/m0/s1. The molecule has 0 saturated carbocycles. The van der Waals surface area contributed by atoms with Crippen molar-refractivity contribution in [3.63, 3.8) is 0 Å². The predicted molar refractivity (Wildman–Crippen MR) is 99.9 cm³/mol. The third kappa shape index (κ3) is 2.99. The Hall–Kier alpha value is -2.68. The Kier molecular flexibility index (Phi) is 4.49. The first-order chi connectivity index (χ1) is 13.3. The third-order valence-corrected chi connectivity index (χ3v) is 5.28. The van der Waals surface area contributed by atoms with Gasteiger partial charge in [-0.25, -0.2) is 13.6 Å². The van der Waals surface area contributed by atoms with E-state index in [1.54, 1.807) is 4.57 Å². The van der Waals surface area contributed by atoms with E-state index in [2.05, 4.69) is 15.2 Å². The van der Waals surface area contributed by atoms with E-state index in [9.17, 15) is 13.6 Å². The molecule has 4 rings (SSSR count). The van der Waals surface area contributed by atoms with Crippen LogP contribution in [-0.2, 0) is 17.8 Å². The molecule has 1 aromatic heterocycles. The molecule has 9 heteroatoms. The maximum absolute atomic E-state index is 13.4. The van der Waals surface area contributed by atoms with Crippen molar-refractivity contribution in [2.24, 2.45) is 0 Å². The Bertz CT molecular complexity index is 980. The smallest absolute Gasteiger partial charge is 0.351 e. The molecule has 150 valence electrons. The van der Waals surface area contributed by atoms with E-state index < -0.39 is 17.3 Å². The number of morpholine rings is 1. The van der Waals surface area contributed by atoms with Gasteiger partial charge in [-0.1, -0.05) is 6.07 Å². The summed E-state index contributed by atoms with van der Waals surface area (Å²) in [4.78, 5) is 18.9. The lowest BCUT2D eigenvalue weighted by Crippen LogP contribution is -2.56. The van der Waals surface area contributed by atoms with Crippen molar-refractivity contribution < 1.29 is 18.3 Å². The summed E-state index contributed by atoms with van der Waals surface area (Å²) >= 11 is 0. The molecule has 2 aliphatic heterocycles. The molecule has 0 spiro atoms. The minimum absolute atomic E-state index is 0.0196. The zero-order chi connectivity index (χ0) is 20.1. The van der Waals surface area contributed by atoms with Crippen LogP contribution < -0.4 is 20.6 Å². The molecular weight excluding hydrogens is 370 g/mol. The van der Waals surface area contributed by atoms with Crippen molar-refractivity contribution in [2.45, 2.75) is 38.6 Å². The fraction of sp³-hybridized carbons (Fsp3) is 0.474. The summed E-state index contributed by atoms with van der Waals surface area (Å²) in [5.41, 5.74) is -0.230. The number of nitrogens with one attached hydrogen (secondary N) is 1. The van der Waals surface area contributed by atoms with Gasteiger partial charge < -0.3 is 19.7 Å². The van der Waals surface area contributed by atoms with Gasteiger partial charge in [0, 0.05) is 13.1 Å². The number of aromatic nitrogens is 2. The summed E-state index contributed by atoms with van der Waals surface area (Å²) in [5.74, 6) is -0.456. The van der Waals surface area contributed by atoms with Crippen LogP contribution in [0.1, 0.15) is 19.4 Å². The van der Waals surface area contributed by atoms with Gasteiger partial charge >= 0.3 is 5.69 Å². The number of ether oxygens (including phenoxy) is 2. The Morgan fingerprint density at radius 1 is 1.39 bits per heavy atom. The van der Waals surface area contributed by atoms with Gasteiger partial charge in [0.15, 0.2) is 23.3 Å². The van der Waals surface area contributed by atoms with Crippen LogP contribution in [0.3, 0.4) is 0 Å². The van der Waals surface area contributed by atoms with E-state index in [1.807, 2.05) is 13.8 Å². The van der Waals surface area contributed by atoms with Crippen LogP contribution in [0.15, 0.2) is 23.0 Å². The highest BCUT2D eigenvalue weighted by Gasteiger charge is 2.47. The summed E-state index contributed by atoms with van der Waals surface area (Å²) < 4.78 is 39.6. The molecule has 0 radical (unpaired) electrons. The van der Waals surface area contributed by atoms with Crippen molar-refractivity contribution in [1.29, 1.82) is 0 Å². The van der Waals surface area contributed by atoms with Crippen molar-refractivity contribution in [2.75, 3.05) is 30.5 Å². The number of nitrogens with zero attached hydrogens (tertiary/aromatic N) is 3. The Morgan fingerprint density at radius 3 is 2.89 bits per heavy atom. The van der Waals surface area contributed by atoms with Crippen LogP contribution in [0.2, 0.25) is 0 Å². The molecular formula is C19H22F2N4O3. The van der Waals surface area contributed by atoms with Gasteiger partial charge in [0.05, 0.1) is 31.9 Å². The van der Waals surface area contributed by atoms with Crippen molar-refractivity contribution in [3.05, 3.63) is 45.9 Å². The highest BCUT2D eigenvalue weighted by atomic mass is 19.2. The number of rotatable bonds is 4. The normalized spacial score (nSPS) is 23.3. The molecule has 0 unspecified atom stereocenters. The van der Waals surface area contributed by atoms with E-state index in [4.69, 9.17) is 9.47 Å². The van der Waals surface area contributed by atoms with Gasteiger partial charge in [-0.15, -0.1) is 0 Å². The highest BCUT2D eigenvalue weighted by molar-refractivity contribution is 5.68. The van der Waals surface area contributed by atoms with Crippen LogP contribution >= 0.6 is 0 Å². The topological polar surface area (TPSA) is 68.6 Å². The van der Waals surface area contributed by atoms with Gasteiger partial charge in [-0.3, -0.25) is 4.57 Å². The van der Waals surface area contributed by atoms with Gasteiger partial charge in [0.25, 0.3) is 0 Å². The second-order valence-electron chi connectivity index (χ2n) is 7.52. The number of benzene rings is 1. The fourth-order valence-electron chi connectivity index (χ4n) is 3.82. The molecule has 2 atom stereocenters. The average Bonchev–Trinajstić information content (AvgIpc) is 2.97. The van der Waals surface area contributed by atoms with Crippen LogP contribution in [-0.4, -0.2) is 41.5 Å². The first-order valence-corrected chi connectivity index (χ1v) is 9.08. The Balaban J connectivity index is 1.70. The number of hydrogen-bond donors (Lipinski definition) is 1. The van der Waals surface area contributed by atoms with E-state index in [1.165, 1.54) is 13.2 Å². The number of hydrogen-bond acceptors (Lipinski definition) is 6. The maximum atomic E-state index is 13.4. The average molecular weight is 392 g/mol. The molecule has 3 heterocycles. The molecule has 1 saturated heterocycles. The van der Waals surface area contributed by atoms with Gasteiger partial charge in [-0.2, -0.15) is 4.98 Å². The number of fused-ring (bicyclic) bond motifs is 3. The first-order valence-electron chi connectivity index (χ1n) is 9.08.